The first-order valence-corrected chi connectivity index (χ1v) is 10.6. The van der Waals surface area contributed by atoms with Crippen molar-refractivity contribution in [2.24, 2.45) is 12.1 Å². The van der Waals surface area contributed by atoms with Crippen molar-refractivity contribution in [3.8, 4) is 0 Å². The quantitative estimate of drug-likeness (QED) is 0.271. The predicted molar refractivity (Wildman–Crippen MR) is 120 cm³/mol. The summed E-state index contributed by atoms with van der Waals surface area (Å²) in [5, 5.41) is 14.0. The number of nitrogens with zero attached hydrogens (tertiary/aromatic N) is 4. The Hall–Kier alpha value is -3.39. The van der Waals surface area contributed by atoms with Gasteiger partial charge in [-0.1, -0.05) is 49.0 Å². The highest BCUT2D eigenvalue weighted by molar-refractivity contribution is 7.98. The van der Waals surface area contributed by atoms with Crippen molar-refractivity contribution >= 4 is 34.8 Å². The van der Waals surface area contributed by atoms with Gasteiger partial charge in [-0.2, -0.15) is 5.10 Å². The summed E-state index contributed by atoms with van der Waals surface area (Å²) >= 11 is 1.60. The minimum atomic E-state index is -0.243. The lowest BCUT2D eigenvalue weighted by Gasteiger charge is -2.03. The molecule has 0 saturated heterocycles. The normalized spacial score (nSPS) is 11.4. The third-order valence-corrected chi connectivity index (χ3v) is 5.94. The van der Waals surface area contributed by atoms with Crippen LogP contribution in [0.15, 0.2) is 65.2 Å². The highest BCUT2D eigenvalue weighted by Gasteiger charge is 2.07. The molecule has 7 nitrogen and oxygen atoms in total. The van der Waals surface area contributed by atoms with Crippen LogP contribution in [0.1, 0.15) is 34.0 Å². The second-order valence-electron chi connectivity index (χ2n) is 6.85. The Morgan fingerprint density at radius 1 is 1.27 bits per heavy atom. The van der Waals surface area contributed by atoms with Crippen LogP contribution in [-0.4, -0.2) is 31.9 Å². The molecule has 0 saturated carbocycles. The Morgan fingerprint density at radius 3 is 2.83 bits per heavy atom. The highest BCUT2D eigenvalue weighted by Crippen LogP contribution is 2.21. The molecule has 8 heteroatoms. The fraction of sp³-hybridized carbons (Fsp3) is 0.182. The van der Waals surface area contributed by atoms with Gasteiger partial charge >= 0.3 is 0 Å². The second-order valence-corrected chi connectivity index (χ2v) is 7.79. The zero-order valence-corrected chi connectivity index (χ0v) is 17.6. The van der Waals surface area contributed by atoms with Crippen LogP contribution in [0.4, 0.5) is 0 Å². The summed E-state index contributed by atoms with van der Waals surface area (Å²) in [5.74, 6) is 0.514. The third kappa shape index (κ3) is 4.28. The van der Waals surface area contributed by atoms with E-state index in [-0.39, 0.29) is 5.91 Å². The largest absolute Gasteiger partial charge is 0.360 e. The number of carbonyl (C=O) groups excluding carboxylic acids is 1. The number of hydrogen-bond donors (Lipinski definition) is 2. The van der Waals surface area contributed by atoms with Gasteiger partial charge < -0.3 is 9.55 Å². The Morgan fingerprint density at radius 2 is 2.10 bits per heavy atom. The number of para-hydroxylation sites is 1. The van der Waals surface area contributed by atoms with Crippen molar-refractivity contribution in [1.29, 1.82) is 0 Å². The second kappa shape index (κ2) is 8.96. The number of carbonyl (C=O) groups is 1. The number of aromatic amines is 1. The molecule has 0 aliphatic heterocycles. The average molecular weight is 419 g/mol. The van der Waals surface area contributed by atoms with Crippen molar-refractivity contribution in [1.82, 2.24) is 25.2 Å². The first-order chi connectivity index (χ1) is 14.7. The molecule has 0 unspecified atom stereocenters. The van der Waals surface area contributed by atoms with Gasteiger partial charge in [0.1, 0.15) is 6.33 Å². The average Bonchev–Trinajstić information content (AvgIpc) is 3.38. The van der Waals surface area contributed by atoms with E-state index in [4.69, 9.17) is 0 Å². The number of aromatic nitrogens is 4. The number of hydrogen-bond acceptors (Lipinski definition) is 5. The zero-order valence-electron chi connectivity index (χ0n) is 16.8. The predicted octanol–water partition coefficient (Wildman–Crippen LogP) is 3.92. The zero-order chi connectivity index (χ0) is 20.9. The number of nitrogens with one attached hydrogen (secondary N) is 2. The van der Waals surface area contributed by atoms with Crippen molar-refractivity contribution in [3.05, 3.63) is 77.2 Å². The molecule has 152 valence electrons. The molecule has 4 aromatic rings. The molecule has 0 spiro atoms. The van der Waals surface area contributed by atoms with Crippen LogP contribution in [0.3, 0.4) is 0 Å². The Labute approximate surface area is 178 Å². The van der Waals surface area contributed by atoms with E-state index in [2.05, 4.69) is 38.7 Å². The van der Waals surface area contributed by atoms with Crippen LogP contribution >= 0.6 is 11.8 Å². The first-order valence-electron chi connectivity index (χ1n) is 9.64. The first kappa shape index (κ1) is 19.9. The molecule has 0 bridgehead atoms. The monoisotopic (exact) mass is 418 g/mol. The molecule has 2 aromatic carbocycles. The van der Waals surface area contributed by atoms with E-state index in [1.54, 1.807) is 36.4 Å². The molecule has 4 rings (SSSR count). The number of benzene rings is 2. The van der Waals surface area contributed by atoms with E-state index in [1.165, 1.54) is 5.56 Å². The van der Waals surface area contributed by atoms with Gasteiger partial charge in [0.25, 0.3) is 5.91 Å². The lowest BCUT2D eigenvalue weighted by molar-refractivity contribution is 0.0955. The highest BCUT2D eigenvalue weighted by atomic mass is 32.2. The maximum Gasteiger partial charge on any atom is 0.271 e. The molecule has 1 amide bonds. The molecule has 2 heterocycles. The maximum absolute atomic E-state index is 12.4. The molecular weight excluding hydrogens is 396 g/mol. The van der Waals surface area contributed by atoms with Crippen molar-refractivity contribution in [2.45, 2.75) is 24.3 Å². The maximum atomic E-state index is 12.4. The van der Waals surface area contributed by atoms with Crippen LogP contribution in [-0.2, 0) is 19.2 Å². The number of thioether (sulfide) groups is 1. The van der Waals surface area contributed by atoms with E-state index in [0.29, 0.717) is 5.56 Å². The summed E-state index contributed by atoms with van der Waals surface area (Å²) in [6, 6.07) is 13.7. The molecule has 2 aromatic heterocycles. The van der Waals surface area contributed by atoms with E-state index in [0.717, 1.165) is 39.4 Å². The van der Waals surface area contributed by atoms with Crippen molar-refractivity contribution in [2.75, 3.05) is 0 Å². The van der Waals surface area contributed by atoms with E-state index in [1.807, 2.05) is 42.1 Å². The van der Waals surface area contributed by atoms with Crippen LogP contribution in [0.2, 0.25) is 0 Å². The van der Waals surface area contributed by atoms with Gasteiger partial charge in [0.05, 0.1) is 6.21 Å². The Kier molecular flexibility index (Phi) is 5.94. The number of fused-ring (bicyclic) bond motifs is 1. The van der Waals surface area contributed by atoms with Gasteiger partial charge in [-0.25, -0.2) is 5.43 Å². The minimum absolute atomic E-state index is 0.243. The smallest absolute Gasteiger partial charge is 0.271 e. The summed E-state index contributed by atoms with van der Waals surface area (Å²) < 4.78 is 1.88. The summed E-state index contributed by atoms with van der Waals surface area (Å²) in [6.07, 6.45) is 6.21. The van der Waals surface area contributed by atoms with Crippen LogP contribution in [0, 0.1) is 0 Å². The summed E-state index contributed by atoms with van der Waals surface area (Å²) in [7, 11) is 1.91. The van der Waals surface area contributed by atoms with Gasteiger partial charge in [-0.3, -0.25) is 4.79 Å². The topological polar surface area (TPSA) is 88.0 Å². The standard InChI is InChI=1S/C22H22N6OS/c1-3-16-5-4-6-19-18(11-23-20(16)19)12-24-26-21(29)17-9-7-15(8-10-17)13-30-22-27-25-14-28(22)2/h4-12,14,23H,3,13H2,1-2H3,(H,26,29)/b24-12+. The molecule has 0 aliphatic carbocycles. The van der Waals surface area contributed by atoms with Gasteiger partial charge in [0, 0.05) is 41.0 Å². The van der Waals surface area contributed by atoms with Gasteiger partial charge in [-0.05, 0) is 29.7 Å². The van der Waals surface area contributed by atoms with E-state index in [9.17, 15) is 4.79 Å². The van der Waals surface area contributed by atoms with Gasteiger partial charge in [-0.15, -0.1) is 10.2 Å². The number of rotatable bonds is 7. The van der Waals surface area contributed by atoms with Crippen molar-refractivity contribution in [3.63, 3.8) is 0 Å². The Bertz CT molecular complexity index is 1190. The molecular formula is C22H22N6OS. The fourth-order valence-corrected chi connectivity index (χ4v) is 4.01. The van der Waals surface area contributed by atoms with Crippen LogP contribution in [0.25, 0.3) is 10.9 Å². The number of hydrazone groups is 1. The third-order valence-electron chi connectivity index (χ3n) is 4.84. The van der Waals surface area contributed by atoms with E-state index < -0.39 is 0 Å². The number of amides is 1. The fourth-order valence-electron chi connectivity index (χ4n) is 3.17. The van der Waals surface area contributed by atoms with Crippen LogP contribution < -0.4 is 5.43 Å². The number of H-pyrrole nitrogens is 1. The van der Waals surface area contributed by atoms with Crippen molar-refractivity contribution < 1.29 is 4.79 Å². The summed E-state index contributed by atoms with van der Waals surface area (Å²) in [6.45, 7) is 2.13. The summed E-state index contributed by atoms with van der Waals surface area (Å²) in [4.78, 5) is 15.7. The summed E-state index contributed by atoms with van der Waals surface area (Å²) in [5.41, 5.74) is 7.58. The lowest BCUT2D eigenvalue weighted by atomic mass is 10.1. The molecule has 0 aliphatic rings. The Balaban J connectivity index is 1.36. The molecule has 30 heavy (non-hydrogen) atoms. The van der Waals surface area contributed by atoms with Crippen LogP contribution in [0.5, 0.6) is 0 Å². The van der Waals surface area contributed by atoms with Gasteiger partial charge in [0.2, 0.25) is 0 Å². The van der Waals surface area contributed by atoms with E-state index >= 15 is 0 Å². The molecule has 0 atom stereocenters. The SMILES string of the molecule is CCc1cccc2c(/C=N/NC(=O)c3ccc(CSc4nncn4C)cc3)c[nH]c12. The molecule has 2 N–H and O–H groups in total. The lowest BCUT2D eigenvalue weighted by Crippen LogP contribution is -2.17. The molecule has 0 radical (unpaired) electrons. The number of aryl methyl sites for hydroxylation is 2. The van der Waals surface area contributed by atoms with Gasteiger partial charge in [0.15, 0.2) is 5.16 Å². The molecule has 0 fully saturated rings. The minimum Gasteiger partial charge on any atom is -0.360 e.